The number of carbonyl (C=O) groups excluding carboxylic acids is 1. The average molecular weight is 388 g/mol. The van der Waals surface area contributed by atoms with Crippen molar-refractivity contribution in [3.63, 3.8) is 0 Å². The highest BCUT2D eigenvalue weighted by Crippen LogP contribution is 2.23. The molecular weight excluding hydrogens is 370 g/mol. The fraction of sp³-hybridized carbons (Fsp3) is 0.167. The van der Waals surface area contributed by atoms with Gasteiger partial charge in [0.05, 0.1) is 11.8 Å². The highest BCUT2D eigenvalue weighted by molar-refractivity contribution is 7.99. The molecule has 134 valence electrons. The van der Waals surface area contributed by atoms with Crippen LogP contribution in [0.2, 0.25) is 5.02 Å². The highest BCUT2D eigenvalue weighted by Gasteiger charge is 2.16. The third-order valence-corrected chi connectivity index (χ3v) is 5.07. The Morgan fingerprint density at radius 3 is 2.62 bits per heavy atom. The lowest BCUT2D eigenvalue weighted by Crippen LogP contribution is -2.28. The molecule has 2 aromatic carbocycles. The van der Waals surface area contributed by atoms with Crippen LogP contribution in [0.15, 0.2) is 59.8 Å². The van der Waals surface area contributed by atoms with Gasteiger partial charge in [0.1, 0.15) is 0 Å². The number of aromatic nitrogens is 3. The van der Waals surface area contributed by atoms with E-state index in [1.807, 2.05) is 55.5 Å². The van der Waals surface area contributed by atoms with Crippen molar-refractivity contribution in [1.82, 2.24) is 20.2 Å². The number of nitrogens with two attached hydrogens (primary N) is 1. The molecule has 1 heterocycles. The van der Waals surface area contributed by atoms with Crippen LogP contribution in [-0.2, 0) is 4.79 Å². The lowest BCUT2D eigenvalue weighted by molar-refractivity contribution is -0.119. The van der Waals surface area contributed by atoms with Crippen LogP contribution in [0.25, 0.3) is 11.4 Å². The number of amides is 1. The molecule has 0 aliphatic carbocycles. The molecule has 0 saturated carbocycles. The number of benzene rings is 2. The fourth-order valence-corrected chi connectivity index (χ4v) is 3.44. The van der Waals surface area contributed by atoms with E-state index in [1.165, 1.54) is 16.4 Å². The Kier molecular flexibility index (Phi) is 5.80. The topological polar surface area (TPSA) is 85.8 Å². The maximum absolute atomic E-state index is 12.2. The summed E-state index contributed by atoms with van der Waals surface area (Å²) in [5.74, 6) is 6.66. The Morgan fingerprint density at radius 1 is 1.19 bits per heavy atom. The molecule has 6 nitrogen and oxygen atoms in total. The van der Waals surface area contributed by atoms with Gasteiger partial charge in [-0.25, -0.2) is 4.68 Å². The summed E-state index contributed by atoms with van der Waals surface area (Å²) >= 11 is 7.39. The molecule has 1 unspecified atom stereocenters. The predicted molar refractivity (Wildman–Crippen MR) is 104 cm³/mol. The Morgan fingerprint density at radius 2 is 1.88 bits per heavy atom. The van der Waals surface area contributed by atoms with E-state index < -0.39 is 0 Å². The number of nitrogen functional groups attached to an aromatic ring is 1. The minimum absolute atomic E-state index is 0.133. The van der Waals surface area contributed by atoms with Crippen molar-refractivity contribution < 1.29 is 4.79 Å². The lowest BCUT2D eigenvalue weighted by Gasteiger charge is -2.15. The van der Waals surface area contributed by atoms with Gasteiger partial charge in [0.15, 0.2) is 5.82 Å². The number of halogens is 1. The molecule has 0 fully saturated rings. The minimum atomic E-state index is -0.188. The van der Waals surface area contributed by atoms with E-state index in [1.54, 1.807) is 6.07 Å². The van der Waals surface area contributed by atoms with Crippen molar-refractivity contribution in [2.24, 2.45) is 0 Å². The third kappa shape index (κ3) is 4.17. The number of nitrogens with one attached hydrogen (secondary N) is 1. The number of hydrogen-bond acceptors (Lipinski definition) is 5. The molecule has 0 radical (unpaired) electrons. The molecule has 0 bridgehead atoms. The second-order valence-electron chi connectivity index (χ2n) is 5.64. The van der Waals surface area contributed by atoms with E-state index in [0.29, 0.717) is 16.0 Å². The van der Waals surface area contributed by atoms with E-state index in [0.717, 1.165) is 11.1 Å². The maximum Gasteiger partial charge on any atom is 0.230 e. The quantitative estimate of drug-likeness (QED) is 0.500. The molecule has 1 amide bonds. The van der Waals surface area contributed by atoms with Gasteiger partial charge in [-0.05, 0) is 18.6 Å². The summed E-state index contributed by atoms with van der Waals surface area (Å²) in [5.41, 5.74) is 1.74. The first-order valence-electron chi connectivity index (χ1n) is 7.98. The zero-order chi connectivity index (χ0) is 18.5. The second kappa shape index (κ2) is 8.25. The number of carbonyl (C=O) groups is 1. The van der Waals surface area contributed by atoms with Crippen LogP contribution in [0.5, 0.6) is 0 Å². The normalized spacial score (nSPS) is 11.9. The molecule has 0 aliphatic heterocycles. The molecule has 26 heavy (non-hydrogen) atoms. The maximum atomic E-state index is 12.2. The molecule has 0 spiro atoms. The first-order valence-corrected chi connectivity index (χ1v) is 9.35. The Bertz CT molecular complexity index is 900. The van der Waals surface area contributed by atoms with Gasteiger partial charge in [0.2, 0.25) is 11.1 Å². The molecular formula is C18H18ClN5OS. The van der Waals surface area contributed by atoms with Gasteiger partial charge in [0, 0.05) is 10.6 Å². The van der Waals surface area contributed by atoms with Crippen LogP contribution in [0.4, 0.5) is 0 Å². The Labute approximate surface area is 160 Å². The first kappa shape index (κ1) is 18.3. The lowest BCUT2D eigenvalue weighted by atomic mass is 10.1. The van der Waals surface area contributed by atoms with Crippen molar-refractivity contribution in [2.75, 3.05) is 11.6 Å². The molecule has 0 aliphatic rings. The average Bonchev–Trinajstić information content (AvgIpc) is 3.01. The van der Waals surface area contributed by atoms with E-state index >= 15 is 0 Å². The SMILES string of the molecule is CC(NC(=O)CSc1nnc(-c2ccccc2)n1N)c1ccccc1Cl. The van der Waals surface area contributed by atoms with Gasteiger partial charge in [-0.15, -0.1) is 10.2 Å². The van der Waals surface area contributed by atoms with Gasteiger partial charge < -0.3 is 11.2 Å². The summed E-state index contributed by atoms with van der Waals surface area (Å²) in [6.45, 7) is 1.89. The molecule has 1 aromatic heterocycles. The molecule has 3 N–H and O–H groups in total. The van der Waals surface area contributed by atoms with E-state index in [2.05, 4.69) is 15.5 Å². The molecule has 8 heteroatoms. The summed E-state index contributed by atoms with van der Waals surface area (Å²) in [6.07, 6.45) is 0. The third-order valence-electron chi connectivity index (χ3n) is 3.78. The van der Waals surface area contributed by atoms with E-state index in [4.69, 9.17) is 17.4 Å². The summed E-state index contributed by atoms with van der Waals surface area (Å²) in [7, 11) is 0. The molecule has 1 atom stereocenters. The van der Waals surface area contributed by atoms with Crippen molar-refractivity contribution in [3.8, 4) is 11.4 Å². The standard InChI is InChI=1S/C18H18ClN5OS/c1-12(14-9-5-6-10-15(14)19)21-16(25)11-26-18-23-22-17(24(18)20)13-7-3-2-4-8-13/h2-10,12H,11,20H2,1H3,(H,21,25). The van der Waals surface area contributed by atoms with Crippen LogP contribution in [0, 0.1) is 0 Å². The second-order valence-corrected chi connectivity index (χ2v) is 6.99. The summed E-state index contributed by atoms with van der Waals surface area (Å²) in [6, 6.07) is 16.8. The number of thioether (sulfide) groups is 1. The summed E-state index contributed by atoms with van der Waals surface area (Å²) in [4.78, 5) is 12.2. The Balaban J connectivity index is 1.60. The van der Waals surface area contributed by atoms with Crippen LogP contribution < -0.4 is 11.2 Å². The fourth-order valence-electron chi connectivity index (χ4n) is 2.48. The minimum Gasteiger partial charge on any atom is -0.349 e. The van der Waals surface area contributed by atoms with Crippen molar-refractivity contribution in [3.05, 3.63) is 65.2 Å². The van der Waals surface area contributed by atoms with Crippen LogP contribution >= 0.6 is 23.4 Å². The largest absolute Gasteiger partial charge is 0.349 e. The van der Waals surface area contributed by atoms with Gasteiger partial charge in [-0.3, -0.25) is 4.79 Å². The van der Waals surface area contributed by atoms with Crippen LogP contribution in [0.1, 0.15) is 18.5 Å². The smallest absolute Gasteiger partial charge is 0.230 e. The number of nitrogens with zero attached hydrogens (tertiary/aromatic N) is 3. The zero-order valence-corrected chi connectivity index (χ0v) is 15.7. The first-order chi connectivity index (χ1) is 12.6. The van der Waals surface area contributed by atoms with E-state index in [-0.39, 0.29) is 17.7 Å². The van der Waals surface area contributed by atoms with Gasteiger partial charge in [-0.2, -0.15) is 0 Å². The van der Waals surface area contributed by atoms with Gasteiger partial charge in [-0.1, -0.05) is 71.9 Å². The number of rotatable bonds is 6. The van der Waals surface area contributed by atoms with Crippen LogP contribution in [0.3, 0.4) is 0 Å². The van der Waals surface area contributed by atoms with Gasteiger partial charge >= 0.3 is 0 Å². The molecule has 0 saturated heterocycles. The number of hydrogen-bond donors (Lipinski definition) is 2. The summed E-state index contributed by atoms with van der Waals surface area (Å²) in [5, 5.41) is 12.2. The van der Waals surface area contributed by atoms with Crippen molar-refractivity contribution in [2.45, 2.75) is 18.1 Å². The highest BCUT2D eigenvalue weighted by atomic mass is 35.5. The predicted octanol–water partition coefficient (Wildman–Crippen LogP) is 3.28. The Hall–Kier alpha value is -2.51. The molecule has 3 rings (SSSR count). The van der Waals surface area contributed by atoms with Gasteiger partial charge in [0.25, 0.3) is 0 Å². The van der Waals surface area contributed by atoms with Crippen molar-refractivity contribution >= 4 is 29.3 Å². The van der Waals surface area contributed by atoms with Crippen molar-refractivity contribution in [1.29, 1.82) is 0 Å². The van der Waals surface area contributed by atoms with E-state index in [9.17, 15) is 4.79 Å². The monoisotopic (exact) mass is 387 g/mol. The zero-order valence-electron chi connectivity index (χ0n) is 14.1. The van der Waals surface area contributed by atoms with Crippen LogP contribution in [-0.4, -0.2) is 26.5 Å². The summed E-state index contributed by atoms with van der Waals surface area (Å²) < 4.78 is 1.39. The molecule has 3 aromatic rings.